The van der Waals surface area contributed by atoms with E-state index in [0.29, 0.717) is 0 Å². The van der Waals surface area contributed by atoms with E-state index in [1.807, 2.05) is 25.1 Å². The largest absolute Gasteiger partial charge is 0.384 e. The molecule has 1 rings (SSSR count). The Balaban J connectivity index is 2.49. The van der Waals surface area contributed by atoms with E-state index < -0.39 is 0 Å². The fraction of sp³-hybridized carbons (Fsp3) is 0.417. The van der Waals surface area contributed by atoms with Crippen LogP contribution in [0.3, 0.4) is 0 Å². The molecule has 0 amide bonds. The predicted molar refractivity (Wildman–Crippen MR) is 62.9 cm³/mol. The number of benzene rings is 1. The molecule has 0 spiro atoms. The monoisotopic (exact) mass is 203 g/mol. The van der Waals surface area contributed by atoms with Crippen molar-refractivity contribution in [3.05, 3.63) is 29.3 Å². The molecule has 0 radical (unpaired) electrons. The Labute approximate surface area is 91.1 Å². The molecule has 0 unspecified atom stereocenters. The van der Waals surface area contributed by atoms with Gasteiger partial charge in [0.15, 0.2) is 0 Å². The molecule has 0 saturated carbocycles. The maximum absolute atomic E-state index is 8.77. The zero-order valence-corrected chi connectivity index (χ0v) is 9.30. The Morgan fingerprint density at radius 2 is 2.13 bits per heavy atom. The molecule has 2 N–H and O–H groups in total. The molecule has 0 saturated heterocycles. The van der Waals surface area contributed by atoms with Gasteiger partial charge < -0.3 is 10.6 Å². The number of hydrogen-bond donors (Lipinski definition) is 2. The highest BCUT2D eigenvalue weighted by atomic mass is 14.9. The summed E-state index contributed by atoms with van der Waals surface area (Å²) in [4.78, 5) is 0. The lowest BCUT2D eigenvalue weighted by Crippen LogP contribution is -2.21. The van der Waals surface area contributed by atoms with Gasteiger partial charge in [-0.2, -0.15) is 5.26 Å². The first kappa shape index (κ1) is 11.5. The van der Waals surface area contributed by atoms with Crippen molar-refractivity contribution < 1.29 is 0 Å². The Hall–Kier alpha value is -1.53. The Kier molecular flexibility index (Phi) is 4.65. The van der Waals surface area contributed by atoms with Gasteiger partial charge in [-0.05, 0) is 37.2 Å². The van der Waals surface area contributed by atoms with Crippen molar-refractivity contribution in [3.63, 3.8) is 0 Å². The maximum Gasteiger partial charge on any atom is 0.0994 e. The summed E-state index contributed by atoms with van der Waals surface area (Å²) >= 11 is 0. The first-order valence-electron chi connectivity index (χ1n) is 5.23. The normalized spacial score (nSPS) is 9.67. The standard InChI is InChI=1S/C12H17N3/c1-3-14-6-7-15-12-5-4-11(9-13)10(2)8-12/h4-5,8,14-15H,3,6-7H2,1-2H3. The van der Waals surface area contributed by atoms with Crippen LogP contribution in [0, 0.1) is 18.3 Å². The Morgan fingerprint density at radius 1 is 1.33 bits per heavy atom. The van der Waals surface area contributed by atoms with Crippen LogP contribution in [-0.4, -0.2) is 19.6 Å². The van der Waals surface area contributed by atoms with Gasteiger partial charge in [-0.25, -0.2) is 0 Å². The summed E-state index contributed by atoms with van der Waals surface area (Å²) in [5.74, 6) is 0. The van der Waals surface area contributed by atoms with E-state index in [1.54, 1.807) is 0 Å². The Morgan fingerprint density at radius 3 is 2.73 bits per heavy atom. The molecule has 1 aromatic rings. The molecule has 3 heteroatoms. The Bertz CT molecular complexity index is 352. The summed E-state index contributed by atoms with van der Waals surface area (Å²) in [7, 11) is 0. The highest BCUT2D eigenvalue weighted by Gasteiger charge is 1.97. The van der Waals surface area contributed by atoms with Crippen LogP contribution in [0.15, 0.2) is 18.2 Å². The molecule has 0 aliphatic heterocycles. The third-order valence-electron chi connectivity index (χ3n) is 2.23. The summed E-state index contributed by atoms with van der Waals surface area (Å²) in [6.07, 6.45) is 0. The number of nitrogens with one attached hydrogen (secondary N) is 2. The van der Waals surface area contributed by atoms with Crippen LogP contribution in [0.5, 0.6) is 0 Å². The van der Waals surface area contributed by atoms with Crippen LogP contribution >= 0.6 is 0 Å². The van der Waals surface area contributed by atoms with Gasteiger partial charge >= 0.3 is 0 Å². The van der Waals surface area contributed by atoms with Crippen molar-refractivity contribution >= 4 is 5.69 Å². The summed E-state index contributed by atoms with van der Waals surface area (Å²) in [6, 6.07) is 7.96. The van der Waals surface area contributed by atoms with Gasteiger partial charge in [0, 0.05) is 18.8 Å². The molecule has 0 aliphatic rings. The van der Waals surface area contributed by atoms with Crippen LogP contribution in [0.4, 0.5) is 5.69 Å². The average molecular weight is 203 g/mol. The fourth-order valence-electron chi connectivity index (χ4n) is 1.37. The topological polar surface area (TPSA) is 47.8 Å². The number of likely N-dealkylation sites (N-methyl/N-ethyl adjacent to an activating group) is 1. The lowest BCUT2D eigenvalue weighted by molar-refractivity contribution is 0.739. The zero-order chi connectivity index (χ0) is 11.1. The van der Waals surface area contributed by atoms with Gasteiger partial charge in [-0.15, -0.1) is 0 Å². The predicted octanol–water partition coefficient (Wildman–Crippen LogP) is 1.89. The first-order chi connectivity index (χ1) is 7.27. The molecule has 0 fully saturated rings. The molecule has 1 aromatic carbocycles. The van der Waals surface area contributed by atoms with E-state index in [9.17, 15) is 0 Å². The van der Waals surface area contributed by atoms with Crippen LogP contribution in [-0.2, 0) is 0 Å². The number of nitriles is 1. The van der Waals surface area contributed by atoms with Crippen molar-refractivity contribution in [2.75, 3.05) is 25.0 Å². The SMILES string of the molecule is CCNCCNc1ccc(C#N)c(C)c1. The highest BCUT2D eigenvalue weighted by molar-refractivity contribution is 5.51. The molecular weight excluding hydrogens is 186 g/mol. The molecule has 80 valence electrons. The van der Waals surface area contributed by atoms with Crippen molar-refractivity contribution in [3.8, 4) is 6.07 Å². The zero-order valence-electron chi connectivity index (χ0n) is 9.30. The van der Waals surface area contributed by atoms with E-state index in [0.717, 1.165) is 36.4 Å². The van der Waals surface area contributed by atoms with E-state index >= 15 is 0 Å². The average Bonchev–Trinajstić information content (AvgIpc) is 2.25. The van der Waals surface area contributed by atoms with Crippen LogP contribution in [0.2, 0.25) is 0 Å². The molecule has 0 aromatic heterocycles. The number of nitrogens with zero attached hydrogens (tertiary/aromatic N) is 1. The highest BCUT2D eigenvalue weighted by Crippen LogP contribution is 2.13. The van der Waals surface area contributed by atoms with Gasteiger partial charge in [0.2, 0.25) is 0 Å². The minimum Gasteiger partial charge on any atom is -0.384 e. The van der Waals surface area contributed by atoms with E-state index in [2.05, 4.69) is 23.6 Å². The second kappa shape index (κ2) is 6.05. The summed E-state index contributed by atoms with van der Waals surface area (Å²) in [5, 5.41) is 15.3. The van der Waals surface area contributed by atoms with Crippen molar-refractivity contribution in [2.45, 2.75) is 13.8 Å². The van der Waals surface area contributed by atoms with Crippen molar-refractivity contribution in [2.24, 2.45) is 0 Å². The second-order valence-corrected chi connectivity index (χ2v) is 3.42. The first-order valence-corrected chi connectivity index (χ1v) is 5.23. The summed E-state index contributed by atoms with van der Waals surface area (Å²) in [6.45, 7) is 6.89. The smallest absolute Gasteiger partial charge is 0.0994 e. The lowest BCUT2D eigenvalue weighted by atomic mass is 10.1. The van der Waals surface area contributed by atoms with Gasteiger partial charge in [0.1, 0.15) is 0 Å². The molecule has 0 heterocycles. The van der Waals surface area contributed by atoms with Crippen LogP contribution in [0.1, 0.15) is 18.1 Å². The number of anilines is 1. The molecular formula is C12H17N3. The minimum atomic E-state index is 0.743. The van der Waals surface area contributed by atoms with Gasteiger partial charge in [-0.1, -0.05) is 6.92 Å². The second-order valence-electron chi connectivity index (χ2n) is 3.42. The fourth-order valence-corrected chi connectivity index (χ4v) is 1.37. The molecule has 0 aliphatic carbocycles. The lowest BCUT2D eigenvalue weighted by Gasteiger charge is -2.07. The van der Waals surface area contributed by atoms with Gasteiger partial charge in [0.05, 0.1) is 11.6 Å². The van der Waals surface area contributed by atoms with E-state index in [-0.39, 0.29) is 0 Å². The summed E-state index contributed by atoms with van der Waals surface area (Å²) < 4.78 is 0. The third kappa shape index (κ3) is 3.61. The van der Waals surface area contributed by atoms with Crippen molar-refractivity contribution in [1.29, 1.82) is 5.26 Å². The number of hydrogen-bond acceptors (Lipinski definition) is 3. The third-order valence-corrected chi connectivity index (χ3v) is 2.23. The van der Waals surface area contributed by atoms with E-state index in [1.165, 1.54) is 0 Å². The van der Waals surface area contributed by atoms with Crippen LogP contribution in [0.25, 0.3) is 0 Å². The summed E-state index contributed by atoms with van der Waals surface area (Å²) in [5.41, 5.74) is 2.84. The molecule has 0 bridgehead atoms. The van der Waals surface area contributed by atoms with Crippen LogP contribution < -0.4 is 10.6 Å². The molecule has 3 nitrogen and oxygen atoms in total. The molecule has 0 atom stereocenters. The van der Waals surface area contributed by atoms with E-state index in [4.69, 9.17) is 5.26 Å². The number of rotatable bonds is 5. The minimum absolute atomic E-state index is 0.743. The van der Waals surface area contributed by atoms with Crippen molar-refractivity contribution in [1.82, 2.24) is 5.32 Å². The van der Waals surface area contributed by atoms with Gasteiger partial charge in [0.25, 0.3) is 0 Å². The molecule has 15 heavy (non-hydrogen) atoms. The van der Waals surface area contributed by atoms with Gasteiger partial charge in [-0.3, -0.25) is 0 Å². The maximum atomic E-state index is 8.77. The number of aryl methyl sites for hydroxylation is 1. The quantitative estimate of drug-likeness (QED) is 0.718.